The van der Waals surface area contributed by atoms with Crippen molar-refractivity contribution in [3.8, 4) is 5.75 Å². The zero-order chi connectivity index (χ0) is 17.1. The molecule has 0 aliphatic heterocycles. The van der Waals surface area contributed by atoms with Crippen molar-refractivity contribution in [2.75, 3.05) is 11.9 Å². The first-order valence-electron chi connectivity index (χ1n) is 6.45. The van der Waals surface area contributed by atoms with E-state index < -0.39 is 22.6 Å². The van der Waals surface area contributed by atoms with Crippen molar-refractivity contribution in [1.29, 1.82) is 0 Å². The number of amides is 1. The van der Waals surface area contributed by atoms with Crippen molar-refractivity contribution in [3.63, 3.8) is 0 Å². The van der Waals surface area contributed by atoms with Gasteiger partial charge >= 0.3 is 12.1 Å². The van der Waals surface area contributed by atoms with Gasteiger partial charge in [0.05, 0.1) is 16.7 Å². The van der Waals surface area contributed by atoms with Crippen molar-refractivity contribution >= 4 is 23.4 Å². The second-order valence-corrected chi connectivity index (χ2v) is 5.54. The monoisotopic (exact) mass is 310 g/mol. The third-order valence-corrected chi connectivity index (χ3v) is 2.44. The number of nitro groups is 1. The van der Waals surface area contributed by atoms with Gasteiger partial charge in [-0.05, 0) is 26.8 Å². The molecule has 0 aromatic heterocycles. The van der Waals surface area contributed by atoms with E-state index in [0.717, 1.165) is 17.9 Å². The number of nitro benzene ring substituents is 1. The molecular formula is C14H18N2O6. The third kappa shape index (κ3) is 4.72. The number of non-ortho nitro benzene ring substituents is 1. The number of benzene rings is 1. The molecule has 1 rings (SSSR count). The number of rotatable bonds is 3. The lowest BCUT2D eigenvalue weighted by Crippen LogP contribution is -2.34. The van der Waals surface area contributed by atoms with Gasteiger partial charge in [0.1, 0.15) is 5.60 Å². The van der Waals surface area contributed by atoms with Crippen LogP contribution in [0.15, 0.2) is 18.2 Å². The minimum Gasteiger partial charge on any atom is -0.443 e. The van der Waals surface area contributed by atoms with Crippen LogP contribution in [0.5, 0.6) is 5.75 Å². The maximum absolute atomic E-state index is 12.0. The van der Waals surface area contributed by atoms with E-state index in [1.165, 1.54) is 19.2 Å². The van der Waals surface area contributed by atoms with Crippen molar-refractivity contribution in [3.05, 3.63) is 28.3 Å². The van der Waals surface area contributed by atoms with E-state index in [-0.39, 0.29) is 17.1 Å². The van der Waals surface area contributed by atoms with E-state index in [0.29, 0.717) is 0 Å². The van der Waals surface area contributed by atoms with Gasteiger partial charge in [-0.25, -0.2) is 4.79 Å². The quantitative estimate of drug-likeness (QED) is 0.368. The molecule has 8 nitrogen and oxygen atoms in total. The predicted octanol–water partition coefficient (Wildman–Crippen LogP) is 2.89. The Labute approximate surface area is 127 Å². The molecule has 0 saturated carbocycles. The number of nitrogens with zero attached hydrogens (tertiary/aromatic N) is 2. The molecule has 0 aliphatic carbocycles. The van der Waals surface area contributed by atoms with Gasteiger partial charge in [0, 0.05) is 20.0 Å². The summed E-state index contributed by atoms with van der Waals surface area (Å²) in [5.41, 5.74) is -0.763. The Balaban J connectivity index is 3.18. The van der Waals surface area contributed by atoms with Gasteiger partial charge < -0.3 is 9.47 Å². The van der Waals surface area contributed by atoms with Crippen molar-refractivity contribution < 1.29 is 24.0 Å². The molecular weight excluding hydrogens is 292 g/mol. The van der Waals surface area contributed by atoms with Gasteiger partial charge in [-0.15, -0.1) is 0 Å². The van der Waals surface area contributed by atoms with E-state index in [1.54, 1.807) is 20.8 Å². The lowest BCUT2D eigenvalue weighted by atomic mass is 10.2. The summed E-state index contributed by atoms with van der Waals surface area (Å²) in [6.45, 7) is 6.29. The van der Waals surface area contributed by atoms with Crippen LogP contribution in [0, 0.1) is 10.1 Å². The molecule has 1 amide bonds. The largest absolute Gasteiger partial charge is 0.443 e. The molecule has 8 heteroatoms. The van der Waals surface area contributed by atoms with Gasteiger partial charge in [0.15, 0.2) is 5.75 Å². The van der Waals surface area contributed by atoms with E-state index in [1.807, 2.05) is 0 Å². The highest BCUT2D eigenvalue weighted by atomic mass is 16.6. The molecule has 22 heavy (non-hydrogen) atoms. The topological polar surface area (TPSA) is 99.0 Å². The van der Waals surface area contributed by atoms with Crippen molar-refractivity contribution in [2.45, 2.75) is 33.3 Å². The van der Waals surface area contributed by atoms with E-state index in [9.17, 15) is 19.7 Å². The van der Waals surface area contributed by atoms with Gasteiger partial charge in [0.25, 0.3) is 5.69 Å². The zero-order valence-electron chi connectivity index (χ0n) is 13.1. The summed E-state index contributed by atoms with van der Waals surface area (Å²) >= 11 is 0. The van der Waals surface area contributed by atoms with Crippen LogP contribution < -0.4 is 9.64 Å². The molecule has 0 heterocycles. The van der Waals surface area contributed by atoms with Crippen LogP contribution in [-0.2, 0) is 9.53 Å². The Bertz CT molecular complexity index is 606. The van der Waals surface area contributed by atoms with Gasteiger partial charge in [-0.3, -0.25) is 19.8 Å². The average molecular weight is 310 g/mol. The Hall–Kier alpha value is -2.64. The zero-order valence-corrected chi connectivity index (χ0v) is 13.1. The third-order valence-electron chi connectivity index (χ3n) is 2.44. The Morgan fingerprint density at radius 1 is 1.27 bits per heavy atom. The summed E-state index contributed by atoms with van der Waals surface area (Å²) in [4.78, 5) is 34.5. The SMILES string of the molecule is CC(=O)Oc1cc([N+](=O)[O-])ccc1N(C)C(=O)OC(C)(C)C. The first-order chi connectivity index (χ1) is 10.0. The lowest BCUT2D eigenvalue weighted by Gasteiger charge is -2.25. The fraction of sp³-hybridized carbons (Fsp3) is 0.429. The standard InChI is InChI=1S/C14H18N2O6/c1-9(17)21-12-8-10(16(19)20)6-7-11(12)15(5)13(18)22-14(2,3)4/h6-8H,1-5H3. The molecule has 1 aromatic carbocycles. The first-order valence-corrected chi connectivity index (χ1v) is 6.45. The molecule has 120 valence electrons. The number of hydrogen-bond donors (Lipinski definition) is 0. The normalized spacial score (nSPS) is 10.8. The number of ether oxygens (including phenoxy) is 2. The summed E-state index contributed by atoms with van der Waals surface area (Å²) < 4.78 is 10.1. The lowest BCUT2D eigenvalue weighted by molar-refractivity contribution is -0.384. The number of esters is 1. The summed E-state index contributed by atoms with van der Waals surface area (Å²) in [5, 5.41) is 10.8. The molecule has 0 saturated heterocycles. The maximum atomic E-state index is 12.0. The van der Waals surface area contributed by atoms with E-state index >= 15 is 0 Å². The Morgan fingerprint density at radius 3 is 2.32 bits per heavy atom. The molecule has 0 bridgehead atoms. The Kier molecular flexibility index (Phi) is 5.08. The predicted molar refractivity (Wildman–Crippen MR) is 79.0 cm³/mol. The first kappa shape index (κ1) is 17.4. The molecule has 1 aromatic rings. The van der Waals surface area contributed by atoms with Crippen LogP contribution in [0.25, 0.3) is 0 Å². The van der Waals surface area contributed by atoms with Crippen LogP contribution >= 0.6 is 0 Å². The maximum Gasteiger partial charge on any atom is 0.414 e. The van der Waals surface area contributed by atoms with Gasteiger partial charge in [-0.2, -0.15) is 0 Å². The summed E-state index contributed by atoms with van der Waals surface area (Å²) in [6.07, 6.45) is -0.672. The highest BCUT2D eigenvalue weighted by molar-refractivity contribution is 5.90. The average Bonchev–Trinajstić information content (AvgIpc) is 2.34. The van der Waals surface area contributed by atoms with E-state index in [4.69, 9.17) is 9.47 Å². The molecule has 0 fully saturated rings. The number of anilines is 1. The minimum atomic E-state index is -0.701. The summed E-state index contributed by atoms with van der Waals surface area (Å²) in [7, 11) is 1.42. The fourth-order valence-electron chi connectivity index (χ4n) is 1.56. The van der Waals surface area contributed by atoms with Gasteiger partial charge in [-0.1, -0.05) is 0 Å². The minimum absolute atomic E-state index is 0.0879. The molecule has 0 unspecified atom stereocenters. The number of hydrogen-bond acceptors (Lipinski definition) is 6. The van der Waals surface area contributed by atoms with Crippen molar-refractivity contribution in [2.24, 2.45) is 0 Å². The van der Waals surface area contributed by atoms with Crippen LogP contribution in [0.1, 0.15) is 27.7 Å². The van der Waals surface area contributed by atoms with Crippen LogP contribution in [-0.4, -0.2) is 29.6 Å². The summed E-state index contributed by atoms with van der Waals surface area (Å²) in [5.74, 6) is -0.741. The second-order valence-electron chi connectivity index (χ2n) is 5.54. The highest BCUT2D eigenvalue weighted by Crippen LogP contribution is 2.32. The molecule has 0 radical (unpaired) electrons. The fourth-order valence-corrected chi connectivity index (χ4v) is 1.56. The number of carbonyl (C=O) groups excluding carboxylic acids is 2. The van der Waals surface area contributed by atoms with Crippen LogP contribution in [0.2, 0.25) is 0 Å². The molecule has 0 aliphatic rings. The van der Waals surface area contributed by atoms with Crippen LogP contribution in [0.4, 0.5) is 16.2 Å². The molecule has 0 atom stereocenters. The van der Waals surface area contributed by atoms with Crippen LogP contribution in [0.3, 0.4) is 0 Å². The van der Waals surface area contributed by atoms with Crippen molar-refractivity contribution in [1.82, 2.24) is 0 Å². The molecule has 0 N–H and O–H groups in total. The van der Waals surface area contributed by atoms with Gasteiger partial charge in [0.2, 0.25) is 0 Å². The second kappa shape index (κ2) is 6.42. The smallest absolute Gasteiger partial charge is 0.414 e. The highest BCUT2D eigenvalue weighted by Gasteiger charge is 2.24. The number of carbonyl (C=O) groups is 2. The summed E-state index contributed by atoms with van der Waals surface area (Å²) in [6, 6.07) is 3.61. The Morgan fingerprint density at radius 2 is 1.86 bits per heavy atom. The van der Waals surface area contributed by atoms with E-state index in [2.05, 4.69) is 0 Å². The molecule has 0 spiro atoms.